The molecule has 4 fully saturated rings. The van der Waals surface area contributed by atoms with Crippen LogP contribution in [0.15, 0.2) is 146 Å². The predicted molar refractivity (Wildman–Crippen MR) is 419 cm³/mol. The topological polar surface area (TPSA) is 212 Å². The van der Waals surface area contributed by atoms with Crippen LogP contribution in [0.3, 0.4) is 0 Å². The summed E-state index contributed by atoms with van der Waals surface area (Å²) in [6, 6.07) is 46.5. The summed E-state index contributed by atoms with van der Waals surface area (Å²) in [5.74, 6) is 2.35. The average Bonchev–Trinajstić information content (AvgIpc) is 1.44. The van der Waals surface area contributed by atoms with E-state index in [1.165, 1.54) is 104 Å². The summed E-state index contributed by atoms with van der Waals surface area (Å²) in [6.07, 6.45) is 30.8. The van der Waals surface area contributed by atoms with E-state index in [2.05, 4.69) is 101 Å². The molecule has 2 aromatic heterocycles. The number of amides is 2. The standard InChI is InChI=1S/C29H39NO2.C17H25NO3.C16H23NO3.C16H21NO2.C12H17NO/c1-31-21-24-14-13-23(25-10-2-3-11-26(24)25)9-8-15-28(27-12-4-7-19-30-27)18-20-32-29(22-28)16-5-6-17-29;1-17(2,3)21-16(19)18-15-10-9-12(11-20-4)13-7-5-6-8-14(13)15;1-16(2,3)20-15(19)17-14-9-8-11(10-18)12-6-4-5-7-13(12)14;18-11-8-15(14-5-1-4-10-17-14)9-12-19-16(13-15)6-2-3-7-16;1-14-8-9-6-7-12(13)11-5-3-2-4-10(9)11/h2-4,7,10-12,19,23-24H,5-6,8-9,13-18,20-22H2,1H3;5-8,12,15H,9-11H2,1-4H3,(H,18,19);4-7,11,14,18H,8-10H2,1-3H3,(H,17,19);1,4-5,10-11H,2-3,6-9,12-13H2;2-5,9,12H,6-8,13H2,1H3/t23-,24+,28+;12?,15-;11?,14-;15-;9?,12-/m00010/s1. The fourth-order valence-electron chi connectivity index (χ4n) is 18.8. The van der Waals surface area contributed by atoms with Gasteiger partial charge in [-0.05, 0) is 232 Å². The first kappa shape index (κ1) is 81.6. The van der Waals surface area contributed by atoms with E-state index < -0.39 is 11.2 Å². The molecule has 14 rings (SSSR count). The van der Waals surface area contributed by atoms with Gasteiger partial charge < -0.3 is 59.4 Å². The summed E-state index contributed by atoms with van der Waals surface area (Å²) in [7, 11) is 5.32. The summed E-state index contributed by atoms with van der Waals surface area (Å²) >= 11 is 0. The Hall–Kier alpha value is -6.89. The summed E-state index contributed by atoms with van der Waals surface area (Å²) in [5, 5.41) is 15.4. The van der Waals surface area contributed by atoms with Crippen molar-refractivity contribution in [2.75, 3.05) is 61.0 Å². The summed E-state index contributed by atoms with van der Waals surface area (Å²) in [6.45, 7) is 15.3. The van der Waals surface area contributed by atoms with Gasteiger partial charge in [-0.3, -0.25) is 9.97 Å². The number of aliphatic hydroxyl groups is 1. The molecule has 106 heavy (non-hydrogen) atoms. The molecule has 0 bridgehead atoms. The maximum atomic E-state index is 12.0. The van der Waals surface area contributed by atoms with Crippen LogP contribution in [0.4, 0.5) is 9.59 Å². The van der Waals surface area contributed by atoms with E-state index in [0.29, 0.717) is 30.1 Å². The number of nitrogens with two attached hydrogens (primary N) is 1. The van der Waals surface area contributed by atoms with E-state index >= 15 is 0 Å². The Morgan fingerprint density at radius 3 is 1.30 bits per heavy atom. The van der Waals surface area contributed by atoms with Gasteiger partial charge in [0.25, 0.3) is 0 Å². The minimum atomic E-state index is -0.494. The first-order chi connectivity index (χ1) is 51.2. The van der Waals surface area contributed by atoms with E-state index in [4.69, 9.17) is 43.9 Å². The van der Waals surface area contributed by atoms with Crippen molar-refractivity contribution in [3.8, 4) is 0 Å². The molecule has 10 atom stereocenters. The van der Waals surface area contributed by atoms with Crippen molar-refractivity contribution in [1.82, 2.24) is 20.6 Å². The highest BCUT2D eigenvalue weighted by molar-refractivity contribution is 5.69. The summed E-state index contributed by atoms with van der Waals surface area (Å²) in [4.78, 5) is 44.5. The quantitative estimate of drug-likeness (QED) is 0.0626. The number of aromatic nitrogens is 2. The van der Waals surface area contributed by atoms with Gasteiger partial charge in [-0.25, -0.2) is 9.59 Å². The number of alkyl carbamates (subject to hydrolysis) is 2. The molecular weight excluding hydrogens is 1330 g/mol. The lowest BCUT2D eigenvalue weighted by Gasteiger charge is -2.46. The van der Waals surface area contributed by atoms with Gasteiger partial charge in [0.15, 0.2) is 0 Å². The van der Waals surface area contributed by atoms with Crippen LogP contribution in [0.2, 0.25) is 0 Å². The zero-order chi connectivity index (χ0) is 75.2. The number of hydrogen-bond acceptors (Lipinski definition) is 14. The number of methoxy groups -OCH3 is 3. The van der Waals surface area contributed by atoms with Crippen molar-refractivity contribution >= 4 is 18.5 Å². The van der Waals surface area contributed by atoms with E-state index in [9.17, 15) is 19.5 Å². The molecule has 0 radical (unpaired) electrons. The Kier molecular flexibility index (Phi) is 29.6. The molecule has 6 aliphatic carbocycles. The van der Waals surface area contributed by atoms with Crippen molar-refractivity contribution in [3.63, 3.8) is 0 Å². The molecule has 16 nitrogen and oxygen atoms in total. The van der Waals surface area contributed by atoms with Crippen LogP contribution in [0.5, 0.6) is 0 Å². The molecule has 2 saturated carbocycles. The molecule has 4 heterocycles. The van der Waals surface area contributed by atoms with Crippen molar-refractivity contribution in [1.29, 1.82) is 0 Å². The van der Waals surface area contributed by atoms with E-state index in [-0.39, 0.29) is 64.9 Å². The fourth-order valence-corrected chi connectivity index (χ4v) is 18.8. The van der Waals surface area contributed by atoms with Crippen molar-refractivity contribution < 1.29 is 52.6 Å². The first-order valence-corrected chi connectivity index (χ1v) is 39.9. The second kappa shape index (κ2) is 38.5. The third-order valence-electron chi connectivity index (χ3n) is 23.8. The average molecular weight is 1450 g/mol. The lowest BCUT2D eigenvalue weighted by Crippen LogP contribution is -2.46. The molecule has 3 unspecified atom stereocenters. The fraction of sp³-hybridized carbons (Fsp3) is 0.589. The van der Waals surface area contributed by atoms with Crippen LogP contribution in [0.1, 0.15) is 299 Å². The highest BCUT2D eigenvalue weighted by Crippen LogP contribution is 2.53. The normalized spacial score (nSPS) is 25.9. The second-order valence-corrected chi connectivity index (χ2v) is 33.4. The van der Waals surface area contributed by atoms with Crippen molar-refractivity contribution in [3.05, 3.63) is 202 Å². The van der Waals surface area contributed by atoms with Gasteiger partial charge in [0.1, 0.15) is 17.5 Å². The second-order valence-electron chi connectivity index (χ2n) is 33.4. The van der Waals surface area contributed by atoms with Crippen molar-refractivity contribution in [2.45, 2.75) is 277 Å². The minimum Gasteiger partial charge on any atom is -0.444 e. The number of carbonyl (C=O) groups excluding carboxylic acids is 3. The summed E-state index contributed by atoms with van der Waals surface area (Å²) in [5.41, 5.74) is 18.1. The molecule has 16 heteroatoms. The number of aliphatic hydroxyl groups excluding tert-OH is 1. The van der Waals surface area contributed by atoms with Crippen molar-refractivity contribution in [2.24, 2.45) is 5.73 Å². The van der Waals surface area contributed by atoms with Gasteiger partial charge in [0.2, 0.25) is 0 Å². The highest BCUT2D eigenvalue weighted by atomic mass is 16.6. The third-order valence-corrected chi connectivity index (χ3v) is 23.8. The number of nitrogens with one attached hydrogen (secondary N) is 2. The number of fused-ring (bicyclic) bond motifs is 4. The summed E-state index contributed by atoms with van der Waals surface area (Å²) < 4.78 is 39.3. The SMILES string of the molecule is CC(C)(C)OC(=O)N[C@H]1CCC(CO)c2ccccc21.COCC1CC[C@H](N)c2ccccc21.COCC1CC[C@H](NC(=O)OC(C)(C)C)c2ccccc21.COC[C@H]1CC[C@H](CCC[C@@]2(c3ccccn3)CCOC3(CCCC3)C2)c2ccccc21.O=CC[C@@]1(c2ccccn2)CCOC2(CCCC2)C1. The molecule has 2 amide bonds. The van der Waals surface area contributed by atoms with Gasteiger partial charge in [-0.15, -0.1) is 0 Å². The lowest BCUT2D eigenvalue weighted by atomic mass is 9.66. The molecule has 6 aromatic rings. The Bertz CT molecular complexity index is 3680. The molecule has 2 saturated heterocycles. The predicted octanol–water partition coefficient (Wildman–Crippen LogP) is 19.1. The first-order valence-electron chi connectivity index (χ1n) is 39.9. The van der Waals surface area contributed by atoms with Crippen LogP contribution in [-0.2, 0) is 48.8 Å². The Labute approximate surface area is 633 Å². The molecule has 5 N–H and O–H groups in total. The number of aldehydes is 1. The van der Waals surface area contributed by atoms with Crippen LogP contribution < -0.4 is 16.4 Å². The van der Waals surface area contributed by atoms with Crippen LogP contribution in [0, 0.1) is 0 Å². The minimum absolute atomic E-state index is 0.0127. The number of nitrogens with zero attached hydrogens (tertiary/aromatic N) is 2. The maximum absolute atomic E-state index is 12.0. The van der Waals surface area contributed by atoms with E-state index in [0.717, 1.165) is 133 Å². The smallest absolute Gasteiger partial charge is 0.408 e. The largest absolute Gasteiger partial charge is 0.444 e. The monoisotopic (exact) mass is 1450 g/mol. The Balaban J connectivity index is 0.000000146. The highest BCUT2D eigenvalue weighted by Gasteiger charge is 2.50. The third kappa shape index (κ3) is 21.7. The number of benzene rings is 4. The maximum Gasteiger partial charge on any atom is 0.408 e. The van der Waals surface area contributed by atoms with Gasteiger partial charge in [0.05, 0.1) is 43.1 Å². The van der Waals surface area contributed by atoms with Gasteiger partial charge in [0, 0.05) is 112 Å². The van der Waals surface area contributed by atoms with E-state index in [1.807, 2.05) is 110 Å². The molecular formula is C90H125N5O11. The van der Waals surface area contributed by atoms with Crippen LogP contribution >= 0.6 is 0 Å². The van der Waals surface area contributed by atoms with Gasteiger partial charge in [-0.1, -0.05) is 141 Å². The number of carbonyl (C=O) groups is 3. The zero-order valence-corrected chi connectivity index (χ0v) is 65.3. The lowest BCUT2D eigenvalue weighted by molar-refractivity contribution is -0.118. The zero-order valence-electron chi connectivity index (χ0n) is 65.3. The van der Waals surface area contributed by atoms with E-state index in [1.54, 1.807) is 19.8 Å². The van der Waals surface area contributed by atoms with Gasteiger partial charge in [-0.2, -0.15) is 0 Å². The molecule has 576 valence electrons. The van der Waals surface area contributed by atoms with Crippen LogP contribution in [0.25, 0.3) is 0 Å². The number of pyridine rings is 2. The molecule has 4 aromatic carbocycles. The molecule has 8 aliphatic rings. The van der Waals surface area contributed by atoms with Gasteiger partial charge >= 0.3 is 12.2 Å². The van der Waals surface area contributed by atoms with Crippen LogP contribution in [-0.4, -0.2) is 117 Å². The number of ether oxygens (including phenoxy) is 7. The Morgan fingerprint density at radius 1 is 0.491 bits per heavy atom. The number of rotatable bonds is 17. The molecule has 2 spiro atoms. The molecule has 2 aliphatic heterocycles. The Morgan fingerprint density at radius 2 is 0.858 bits per heavy atom. The number of hydrogen-bond donors (Lipinski definition) is 4.